The van der Waals surface area contributed by atoms with Crippen LogP contribution in [0.25, 0.3) is 0 Å². The van der Waals surface area contributed by atoms with Gasteiger partial charge in [-0.3, -0.25) is 9.59 Å². The fourth-order valence-electron chi connectivity index (χ4n) is 3.15. The number of allylic oxidation sites excluding steroid dienone is 2. The maximum atomic E-state index is 12.0. The predicted octanol–water partition coefficient (Wildman–Crippen LogP) is 2.34. The van der Waals surface area contributed by atoms with Crippen LogP contribution in [0, 0.1) is 28.6 Å². The number of ketones is 1. The van der Waals surface area contributed by atoms with Crippen LogP contribution in [0.2, 0.25) is 0 Å². The minimum atomic E-state index is -0.333. The van der Waals surface area contributed by atoms with Gasteiger partial charge in [0, 0.05) is 12.3 Å². The minimum Gasteiger partial charge on any atom is -0.370 e. The molecule has 2 N–H and O–H groups in total. The van der Waals surface area contributed by atoms with Gasteiger partial charge in [-0.15, -0.1) is 0 Å². The Morgan fingerprint density at radius 2 is 1.95 bits per heavy atom. The third-order valence-corrected chi connectivity index (χ3v) is 4.08. The third-order valence-electron chi connectivity index (χ3n) is 4.08. The lowest BCUT2D eigenvalue weighted by Gasteiger charge is -2.43. The molecular formula is C15H22N2O2. The summed E-state index contributed by atoms with van der Waals surface area (Å²) in [5, 5.41) is 8.94. The molecule has 2 aliphatic carbocycles. The van der Waals surface area contributed by atoms with Gasteiger partial charge in [0.1, 0.15) is 6.07 Å². The number of nitriles is 1. The van der Waals surface area contributed by atoms with Crippen LogP contribution < -0.4 is 5.73 Å². The fraction of sp³-hybridized carbons (Fsp3) is 0.667. The predicted molar refractivity (Wildman–Crippen MR) is 72.8 cm³/mol. The molecule has 0 radical (unpaired) electrons. The molecule has 0 aliphatic heterocycles. The number of fused-ring (bicyclic) bond motifs is 1. The Bertz CT molecular complexity index is 440. The number of rotatable bonds is 0. The van der Waals surface area contributed by atoms with Crippen LogP contribution in [-0.2, 0) is 9.59 Å². The first-order valence-electron chi connectivity index (χ1n) is 6.73. The Labute approximate surface area is 114 Å². The van der Waals surface area contributed by atoms with Crippen LogP contribution in [0.15, 0.2) is 11.6 Å². The highest BCUT2D eigenvalue weighted by Gasteiger charge is 2.45. The van der Waals surface area contributed by atoms with Crippen LogP contribution in [0.3, 0.4) is 0 Å². The molecule has 1 amide bonds. The van der Waals surface area contributed by atoms with Crippen LogP contribution in [0.1, 0.15) is 46.5 Å². The highest BCUT2D eigenvalue weighted by atomic mass is 16.1. The van der Waals surface area contributed by atoms with Gasteiger partial charge in [0.2, 0.25) is 5.91 Å². The fourth-order valence-corrected chi connectivity index (χ4v) is 3.15. The lowest BCUT2D eigenvalue weighted by Crippen LogP contribution is -2.42. The van der Waals surface area contributed by atoms with E-state index in [0.717, 1.165) is 12.8 Å². The maximum Gasteiger partial charge on any atom is 0.214 e. The Kier molecular flexibility index (Phi) is 4.88. The van der Waals surface area contributed by atoms with E-state index in [4.69, 9.17) is 5.26 Å². The summed E-state index contributed by atoms with van der Waals surface area (Å²) in [5.41, 5.74) is 4.54. The van der Waals surface area contributed by atoms with Gasteiger partial charge in [-0.05, 0) is 24.7 Å². The normalized spacial score (nSPS) is 28.1. The zero-order chi connectivity index (χ0) is 14.6. The molecule has 0 bridgehead atoms. The van der Waals surface area contributed by atoms with Crippen molar-refractivity contribution in [2.24, 2.45) is 23.0 Å². The van der Waals surface area contributed by atoms with E-state index in [1.807, 2.05) is 19.9 Å². The Balaban J connectivity index is 0.000000399. The van der Waals surface area contributed by atoms with Gasteiger partial charge in [0.05, 0.1) is 5.57 Å². The van der Waals surface area contributed by atoms with Crippen molar-refractivity contribution < 1.29 is 9.59 Å². The van der Waals surface area contributed by atoms with E-state index < -0.39 is 0 Å². The highest BCUT2D eigenvalue weighted by molar-refractivity contribution is 6.03. The number of hydrogen-bond donors (Lipinski definition) is 1. The molecule has 104 valence electrons. The monoisotopic (exact) mass is 262 g/mol. The number of nitrogens with zero attached hydrogens (tertiary/aromatic N) is 1. The molecule has 2 rings (SSSR count). The van der Waals surface area contributed by atoms with Gasteiger partial charge >= 0.3 is 0 Å². The Hall–Kier alpha value is -1.63. The quantitative estimate of drug-likeness (QED) is 0.727. The summed E-state index contributed by atoms with van der Waals surface area (Å²) in [5.74, 6) is 0.630. The zero-order valence-corrected chi connectivity index (χ0v) is 11.9. The average Bonchev–Trinajstić information content (AvgIpc) is 2.33. The molecular weight excluding hydrogens is 240 g/mol. The summed E-state index contributed by atoms with van der Waals surface area (Å²) in [6.45, 7) is 5.31. The number of carbonyl (C=O) groups excluding carboxylic acids is 2. The van der Waals surface area contributed by atoms with E-state index >= 15 is 0 Å². The highest BCUT2D eigenvalue weighted by Crippen LogP contribution is 2.47. The topological polar surface area (TPSA) is 84.0 Å². The van der Waals surface area contributed by atoms with Gasteiger partial charge in [-0.25, -0.2) is 0 Å². The van der Waals surface area contributed by atoms with E-state index in [-0.39, 0.29) is 17.1 Å². The molecule has 1 fully saturated rings. The largest absolute Gasteiger partial charge is 0.370 e. The summed E-state index contributed by atoms with van der Waals surface area (Å²) < 4.78 is 0. The number of primary amides is 1. The molecule has 4 nitrogen and oxygen atoms in total. The van der Waals surface area contributed by atoms with Gasteiger partial charge in [-0.2, -0.15) is 5.26 Å². The first-order valence-corrected chi connectivity index (χ1v) is 6.73. The van der Waals surface area contributed by atoms with Crippen LogP contribution in [0.4, 0.5) is 0 Å². The van der Waals surface area contributed by atoms with E-state index in [9.17, 15) is 9.59 Å². The summed E-state index contributed by atoms with van der Waals surface area (Å²) in [6, 6.07) is 2.05. The summed E-state index contributed by atoms with van der Waals surface area (Å²) in [6.07, 6.45) is 6.68. The Morgan fingerprint density at radius 1 is 1.42 bits per heavy atom. The molecule has 0 heterocycles. The molecule has 0 aromatic rings. The number of Topliss-reactive ketones (excluding diaryl/α,β-unsaturated/α-hetero) is 1. The molecule has 2 aliphatic rings. The second-order valence-electron chi connectivity index (χ2n) is 5.91. The Morgan fingerprint density at radius 3 is 2.47 bits per heavy atom. The molecule has 2 unspecified atom stereocenters. The van der Waals surface area contributed by atoms with Crippen molar-refractivity contribution in [2.75, 3.05) is 0 Å². The van der Waals surface area contributed by atoms with E-state index in [2.05, 4.69) is 11.8 Å². The van der Waals surface area contributed by atoms with Gasteiger partial charge < -0.3 is 5.73 Å². The van der Waals surface area contributed by atoms with Crippen LogP contribution in [-0.4, -0.2) is 11.7 Å². The lowest BCUT2D eigenvalue weighted by molar-refractivity contribution is -0.128. The first kappa shape index (κ1) is 15.4. The number of amides is 1. The van der Waals surface area contributed by atoms with E-state index in [1.165, 1.54) is 19.8 Å². The van der Waals surface area contributed by atoms with E-state index in [0.29, 0.717) is 17.4 Å². The van der Waals surface area contributed by atoms with Crippen molar-refractivity contribution in [1.29, 1.82) is 5.26 Å². The van der Waals surface area contributed by atoms with Crippen molar-refractivity contribution in [1.82, 2.24) is 0 Å². The molecule has 0 saturated heterocycles. The third kappa shape index (κ3) is 3.44. The van der Waals surface area contributed by atoms with E-state index in [1.54, 1.807) is 0 Å². The molecule has 2 atom stereocenters. The second-order valence-corrected chi connectivity index (χ2v) is 5.91. The minimum absolute atomic E-state index is 0.0492. The zero-order valence-electron chi connectivity index (χ0n) is 11.9. The average molecular weight is 262 g/mol. The molecule has 0 spiro atoms. The van der Waals surface area contributed by atoms with Crippen LogP contribution in [0.5, 0.6) is 0 Å². The molecule has 4 heteroatoms. The summed E-state index contributed by atoms with van der Waals surface area (Å²) in [4.78, 5) is 21.3. The van der Waals surface area contributed by atoms with Crippen molar-refractivity contribution in [2.45, 2.75) is 46.5 Å². The SMILES string of the molecule is CC(N)=O.CC1(C)C(=O)C(C#N)=CC2CCCCC21. The number of carbonyl (C=O) groups is 2. The van der Waals surface area contributed by atoms with Crippen LogP contribution >= 0.6 is 0 Å². The van der Waals surface area contributed by atoms with Crippen molar-refractivity contribution in [3.05, 3.63) is 11.6 Å². The summed E-state index contributed by atoms with van der Waals surface area (Å²) >= 11 is 0. The van der Waals surface area contributed by atoms with Gasteiger partial charge in [0.15, 0.2) is 5.78 Å². The first-order chi connectivity index (χ1) is 8.80. The molecule has 0 aromatic carbocycles. The van der Waals surface area contributed by atoms with Crippen molar-refractivity contribution in [3.63, 3.8) is 0 Å². The molecule has 19 heavy (non-hydrogen) atoms. The summed E-state index contributed by atoms with van der Waals surface area (Å²) in [7, 11) is 0. The van der Waals surface area contributed by atoms with Gasteiger partial charge in [0.25, 0.3) is 0 Å². The maximum absolute atomic E-state index is 12.0. The van der Waals surface area contributed by atoms with Crippen molar-refractivity contribution >= 4 is 11.7 Å². The van der Waals surface area contributed by atoms with Crippen molar-refractivity contribution in [3.8, 4) is 6.07 Å². The number of hydrogen-bond acceptors (Lipinski definition) is 3. The smallest absolute Gasteiger partial charge is 0.214 e. The van der Waals surface area contributed by atoms with Gasteiger partial charge in [-0.1, -0.05) is 32.8 Å². The lowest BCUT2D eigenvalue weighted by atomic mass is 9.59. The second kappa shape index (κ2) is 6.01. The standard InChI is InChI=1S/C13H17NO.C2H5NO/c1-13(2)11-6-4-3-5-9(11)7-10(8-14)12(13)15;1-2(3)4/h7,9,11H,3-6H2,1-2H3;1H3,(H2,3,4). The number of nitrogens with two attached hydrogens (primary N) is 1. The molecule has 0 aromatic heterocycles. The molecule has 1 saturated carbocycles.